The zero-order valence-electron chi connectivity index (χ0n) is 9.74. The predicted molar refractivity (Wildman–Crippen MR) is 59.4 cm³/mol. The zero-order chi connectivity index (χ0) is 12.9. The first kappa shape index (κ1) is 13.8. The van der Waals surface area contributed by atoms with Crippen LogP contribution in [-0.4, -0.2) is 41.0 Å². The highest BCUT2D eigenvalue weighted by atomic mass is 19.4. The molecule has 1 rings (SSSR count). The number of halogens is 3. The van der Waals surface area contributed by atoms with Crippen LogP contribution < -0.4 is 5.73 Å². The van der Waals surface area contributed by atoms with Crippen molar-refractivity contribution < 1.29 is 13.2 Å². The van der Waals surface area contributed by atoms with E-state index in [1.165, 1.54) is 0 Å². The van der Waals surface area contributed by atoms with Gasteiger partial charge in [0, 0.05) is 19.3 Å². The van der Waals surface area contributed by atoms with Crippen molar-refractivity contribution in [2.24, 2.45) is 0 Å². The Bertz CT molecular complexity index is 335. The summed E-state index contributed by atoms with van der Waals surface area (Å²) in [5.41, 5.74) is 5.44. The van der Waals surface area contributed by atoms with Gasteiger partial charge in [-0.3, -0.25) is 4.68 Å². The fourth-order valence-electron chi connectivity index (χ4n) is 1.43. The van der Waals surface area contributed by atoms with Gasteiger partial charge < -0.3 is 10.6 Å². The summed E-state index contributed by atoms with van der Waals surface area (Å²) in [5.74, 6) is 0.454. The van der Waals surface area contributed by atoms with Crippen molar-refractivity contribution in [2.45, 2.75) is 25.6 Å². The van der Waals surface area contributed by atoms with Gasteiger partial charge in [-0.2, -0.15) is 18.3 Å². The summed E-state index contributed by atoms with van der Waals surface area (Å²) in [4.78, 5) is 1.67. The lowest BCUT2D eigenvalue weighted by molar-refractivity contribution is -0.137. The smallest absolute Gasteiger partial charge is 0.382 e. The molecule has 0 radical (unpaired) electrons. The van der Waals surface area contributed by atoms with Crippen LogP contribution >= 0.6 is 0 Å². The fourth-order valence-corrected chi connectivity index (χ4v) is 1.43. The lowest BCUT2D eigenvalue weighted by Crippen LogP contribution is -2.26. The van der Waals surface area contributed by atoms with Gasteiger partial charge in [0.15, 0.2) is 0 Å². The van der Waals surface area contributed by atoms with Crippen molar-refractivity contribution >= 4 is 5.82 Å². The molecule has 4 nitrogen and oxygen atoms in total. The van der Waals surface area contributed by atoms with Crippen LogP contribution in [0.15, 0.2) is 12.3 Å². The zero-order valence-corrected chi connectivity index (χ0v) is 9.74. The Morgan fingerprint density at radius 1 is 1.41 bits per heavy atom. The van der Waals surface area contributed by atoms with E-state index in [1.54, 1.807) is 28.9 Å². The number of nitrogens with two attached hydrogens (primary N) is 1. The van der Waals surface area contributed by atoms with Gasteiger partial charge in [-0.05, 0) is 26.1 Å². The van der Waals surface area contributed by atoms with Crippen LogP contribution in [0.1, 0.15) is 12.8 Å². The van der Waals surface area contributed by atoms with E-state index in [9.17, 15) is 13.2 Å². The van der Waals surface area contributed by atoms with Gasteiger partial charge >= 0.3 is 6.18 Å². The lowest BCUT2D eigenvalue weighted by Gasteiger charge is -2.17. The van der Waals surface area contributed by atoms with E-state index in [0.717, 1.165) is 6.42 Å². The molecule has 0 fully saturated rings. The molecule has 1 aromatic heterocycles. The van der Waals surface area contributed by atoms with Gasteiger partial charge in [0.05, 0.1) is 6.42 Å². The molecule has 1 heterocycles. The van der Waals surface area contributed by atoms with E-state index < -0.39 is 12.6 Å². The van der Waals surface area contributed by atoms with Gasteiger partial charge in [-0.25, -0.2) is 0 Å². The quantitative estimate of drug-likeness (QED) is 0.836. The number of aromatic nitrogens is 2. The maximum absolute atomic E-state index is 12.0. The molecule has 7 heteroatoms. The first-order valence-corrected chi connectivity index (χ1v) is 5.41. The van der Waals surface area contributed by atoms with Crippen molar-refractivity contribution in [1.82, 2.24) is 14.7 Å². The molecule has 0 saturated carbocycles. The van der Waals surface area contributed by atoms with Gasteiger partial charge in [0.1, 0.15) is 5.82 Å². The van der Waals surface area contributed by atoms with E-state index in [-0.39, 0.29) is 6.54 Å². The molecule has 0 atom stereocenters. The van der Waals surface area contributed by atoms with E-state index in [2.05, 4.69) is 5.10 Å². The monoisotopic (exact) mass is 250 g/mol. The molecule has 17 heavy (non-hydrogen) atoms. The van der Waals surface area contributed by atoms with Crippen LogP contribution in [-0.2, 0) is 6.54 Å². The Kier molecular flexibility index (Phi) is 4.80. The number of hydrogen-bond donors (Lipinski definition) is 1. The Balaban J connectivity index is 2.14. The van der Waals surface area contributed by atoms with Crippen LogP contribution in [0.2, 0.25) is 0 Å². The summed E-state index contributed by atoms with van der Waals surface area (Å²) in [6.45, 7) is 1.30. The predicted octanol–water partition coefficient (Wildman–Crippen LogP) is 1.74. The number of rotatable bonds is 6. The third kappa shape index (κ3) is 6.15. The van der Waals surface area contributed by atoms with Crippen molar-refractivity contribution in [3.63, 3.8) is 0 Å². The average Bonchev–Trinajstić information content (AvgIpc) is 2.60. The molecular weight excluding hydrogens is 233 g/mol. The minimum atomic E-state index is -4.08. The Hall–Kier alpha value is -1.24. The van der Waals surface area contributed by atoms with Crippen LogP contribution in [0.4, 0.5) is 19.0 Å². The summed E-state index contributed by atoms with van der Waals surface area (Å²) in [5, 5.41) is 3.99. The Morgan fingerprint density at radius 2 is 2.12 bits per heavy atom. The minimum absolute atomic E-state index is 0.0325. The van der Waals surface area contributed by atoms with Crippen molar-refractivity contribution in [3.8, 4) is 0 Å². The summed E-state index contributed by atoms with van der Waals surface area (Å²) in [7, 11) is 1.68. The van der Waals surface area contributed by atoms with Gasteiger partial charge in [0.2, 0.25) is 0 Å². The van der Waals surface area contributed by atoms with Crippen LogP contribution in [0.25, 0.3) is 0 Å². The minimum Gasteiger partial charge on any atom is -0.382 e. The molecule has 0 unspecified atom stereocenters. The fraction of sp³-hybridized carbons (Fsp3) is 0.700. The van der Waals surface area contributed by atoms with Crippen molar-refractivity contribution in [3.05, 3.63) is 12.3 Å². The van der Waals surface area contributed by atoms with Crippen molar-refractivity contribution in [2.75, 3.05) is 25.9 Å². The maximum Gasteiger partial charge on any atom is 0.390 e. The number of nitrogen functional groups attached to an aromatic ring is 1. The standard InChI is InChI=1S/C10H17F3N4/c1-16(8-4-10(11,12)13)5-2-6-17-7-3-9(14)15-17/h3,7H,2,4-6,8H2,1H3,(H2,14,15). The Morgan fingerprint density at radius 3 is 2.65 bits per heavy atom. The molecular formula is C10H17F3N4. The van der Waals surface area contributed by atoms with E-state index >= 15 is 0 Å². The molecule has 0 amide bonds. The number of alkyl halides is 3. The third-order valence-electron chi connectivity index (χ3n) is 2.37. The second-order valence-corrected chi connectivity index (χ2v) is 4.03. The molecule has 98 valence electrons. The van der Waals surface area contributed by atoms with Gasteiger partial charge in [0.25, 0.3) is 0 Å². The number of hydrogen-bond acceptors (Lipinski definition) is 3. The highest BCUT2D eigenvalue weighted by Crippen LogP contribution is 2.19. The first-order chi connectivity index (χ1) is 7.87. The maximum atomic E-state index is 12.0. The molecule has 1 aromatic rings. The molecule has 2 N–H and O–H groups in total. The Labute approximate surface area is 98.2 Å². The number of anilines is 1. The summed E-state index contributed by atoms with van der Waals surface area (Å²) < 4.78 is 37.5. The molecule has 0 spiro atoms. The van der Waals surface area contributed by atoms with Gasteiger partial charge in [-0.1, -0.05) is 0 Å². The second-order valence-electron chi connectivity index (χ2n) is 4.03. The topological polar surface area (TPSA) is 47.1 Å². The molecule has 0 saturated heterocycles. The number of nitrogens with zero attached hydrogens (tertiary/aromatic N) is 3. The highest BCUT2D eigenvalue weighted by Gasteiger charge is 2.26. The number of aryl methyl sites for hydroxylation is 1. The SMILES string of the molecule is CN(CCCn1ccc(N)n1)CCC(F)(F)F. The second kappa shape index (κ2) is 5.90. The molecule has 0 aromatic carbocycles. The first-order valence-electron chi connectivity index (χ1n) is 5.41. The third-order valence-corrected chi connectivity index (χ3v) is 2.37. The van der Waals surface area contributed by atoms with Crippen molar-refractivity contribution in [1.29, 1.82) is 0 Å². The van der Waals surface area contributed by atoms with Gasteiger partial charge in [-0.15, -0.1) is 0 Å². The normalized spacial score (nSPS) is 12.3. The molecule has 0 bridgehead atoms. The van der Waals surface area contributed by atoms with E-state index in [4.69, 9.17) is 5.73 Å². The molecule has 0 aliphatic heterocycles. The largest absolute Gasteiger partial charge is 0.390 e. The summed E-state index contributed by atoms with van der Waals surface area (Å²) in [6.07, 6.45) is -2.34. The van der Waals surface area contributed by atoms with E-state index in [1.807, 2.05) is 0 Å². The van der Waals surface area contributed by atoms with E-state index in [0.29, 0.717) is 18.9 Å². The van der Waals surface area contributed by atoms with Crippen LogP contribution in [0, 0.1) is 0 Å². The lowest BCUT2D eigenvalue weighted by atomic mass is 10.3. The molecule has 0 aliphatic rings. The summed E-state index contributed by atoms with van der Waals surface area (Å²) in [6, 6.07) is 1.69. The van der Waals surface area contributed by atoms with Crippen LogP contribution in [0.5, 0.6) is 0 Å². The highest BCUT2D eigenvalue weighted by molar-refractivity contribution is 5.23. The summed E-state index contributed by atoms with van der Waals surface area (Å²) >= 11 is 0. The van der Waals surface area contributed by atoms with Crippen LogP contribution in [0.3, 0.4) is 0 Å². The average molecular weight is 250 g/mol. The molecule has 0 aliphatic carbocycles.